The second-order valence-electron chi connectivity index (χ2n) is 8.79. The van der Waals surface area contributed by atoms with Crippen molar-refractivity contribution >= 4 is 44.3 Å². The molecule has 0 aliphatic heterocycles. The zero-order chi connectivity index (χ0) is 23.8. The predicted molar refractivity (Wildman–Crippen MR) is 152 cm³/mol. The molecule has 168 valence electrons. The van der Waals surface area contributed by atoms with E-state index >= 15 is 0 Å². The summed E-state index contributed by atoms with van der Waals surface area (Å²) in [5, 5.41) is 5.03. The normalized spacial score (nSPS) is 12.0. The van der Waals surface area contributed by atoms with Crippen molar-refractivity contribution < 1.29 is 0 Å². The Balaban J connectivity index is 1.82. The number of nitrogens with zero attached hydrogens (tertiary/aromatic N) is 1. The molecule has 0 aliphatic carbocycles. The zero-order valence-electron chi connectivity index (χ0n) is 19.6. The van der Waals surface area contributed by atoms with Gasteiger partial charge in [0.25, 0.3) is 0 Å². The molecule has 2 heteroatoms. The molecule has 0 saturated carbocycles. The van der Waals surface area contributed by atoms with Gasteiger partial charge in [0.05, 0.1) is 11.0 Å². The van der Waals surface area contributed by atoms with Crippen molar-refractivity contribution in [1.29, 1.82) is 0 Å². The number of hydrogen-bond acceptors (Lipinski definition) is 1. The first-order valence-electron chi connectivity index (χ1n) is 12.0. The van der Waals surface area contributed by atoms with E-state index in [0.29, 0.717) is 0 Å². The van der Waals surface area contributed by atoms with E-state index in [9.17, 15) is 0 Å². The molecule has 0 saturated heterocycles. The number of para-hydroxylation sites is 2. The van der Waals surface area contributed by atoms with Crippen molar-refractivity contribution in [3.8, 4) is 16.8 Å². The summed E-state index contributed by atoms with van der Waals surface area (Å²) >= 11 is 0. The molecular weight excluding hydrogens is 424 g/mol. The summed E-state index contributed by atoms with van der Waals surface area (Å²) in [4.78, 5) is 0. The van der Waals surface area contributed by atoms with Gasteiger partial charge < -0.3 is 10.3 Å². The summed E-state index contributed by atoms with van der Waals surface area (Å²) in [5.41, 5.74) is 13.9. The van der Waals surface area contributed by atoms with E-state index in [2.05, 4.69) is 120 Å². The van der Waals surface area contributed by atoms with E-state index in [1.165, 1.54) is 43.7 Å². The number of hydrogen-bond donors (Lipinski definition) is 1. The third-order valence-electron chi connectivity index (χ3n) is 6.64. The molecule has 35 heavy (non-hydrogen) atoms. The number of rotatable bonds is 4. The molecule has 0 fully saturated rings. The zero-order valence-corrected chi connectivity index (χ0v) is 19.6. The lowest BCUT2D eigenvalue weighted by Gasteiger charge is -2.13. The van der Waals surface area contributed by atoms with Crippen molar-refractivity contribution in [1.82, 2.24) is 4.57 Å². The molecule has 6 rings (SSSR count). The predicted octanol–water partition coefficient (Wildman–Crippen LogP) is 8.78. The van der Waals surface area contributed by atoms with E-state index in [1.807, 2.05) is 19.1 Å². The van der Waals surface area contributed by atoms with Crippen LogP contribution in [0.1, 0.15) is 12.5 Å². The molecule has 5 aromatic carbocycles. The van der Waals surface area contributed by atoms with Crippen LogP contribution in [0, 0.1) is 0 Å². The Kier molecular flexibility index (Phi) is 5.20. The summed E-state index contributed by atoms with van der Waals surface area (Å²) in [7, 11) is 0. The fourth-order valence-corrected chi connectivity index (χ4v) is 5.10. The highest BCUT2D eigenvalue weighted by atomic mass is 15.0. The maximum absolute atomic E-state index is 6.01. The summed E-state index contributed by atoms with van der Waals surface area (Å²) in [6.07, 6.45) is 8.43. The van der Waals surface area contributed by atoms with Crippen LogP contribution < -0.4 is 5.73 Å². The third kappa shape index (κ3) is 3.51. The quantitative estimate of drug-likeness (QED) is 0.211. The van der Waals surface area contributed by atoms with Crippen molar-refractivity contribution in [3.05, 3.63) is 127 Å². The fraction of sp³-hybridized carbons (Fsp3) is 0.0303. The molecule has 0 spiro atoms. The minimum atomic E-state index is 0.773. The van der Waals surface area contributed by atoms with Crippen LogP contribution in [0.15, 0.2) is 121 Å². The smallest absolute Gasteiger partial charge is 0.0613 e. The highest BCUT2D eigenvalue weighted by molar-refractivity contribution is 6.25. The van der Waals surface area contributed by atoms with Crippen LogP contribution in [0.25, 0.3) is 55.5 Å². The van der Waals surface area contributed by atoms with Gasteiger partial charge in [-0.3, -0.25) is 0 Å². The van der Waals surface area contributed by atoms with Gasteiger partial charge in [-0.25, -0.2) is 0 Å². The minimum absolute atomic E-state index is 0.773. The Labute approximate surface area is 205 Å². The van der Waals surface area contributed by atoms with Crippen molar-refractivity contribution in [2.24, 2.45) is 0 Å². The summed E-state index contributed by atoms with van der Waals surface area (Å²) < 4.78 is 2.41. The van der Waals surface area contributed by atoms with Gasteiger partial charge in [0.1, 0.15) is 0 Å². The van der Waals surface area contributed by atoms with Crippen LogP contribution in [-0.4, -0.2) is 4.57 Å². The van der Waals surface area contributed by atoms with Crippen molar-refractivity contribution in [2.75, 3.05) is 5.73 Å². The summed E-state index contributed by atoms with van der Waals surface area (Å²) in [6, 6.07) is 36.5. The SMILES string of the molecule is C/C=C\C=C/c1cccc2c3c4ccccc4c(-c4ccc(N)cc4)cc3n(-c3ccccc3)c12. The minimum Gasteiger partial charge on any atom is -0.399 e. The fourth-order valence-electron chi connectivity index (χ4n) is 5.10. The number of nitrogen functional groups attached to an aromatic ring is 1. The molecule has 1 aromatic heterocycles. The lowest BCUT2D eigenvalue weighted by atomic mass is 9.94. The number of benzene rings is 5. The molecule has 0 unspecified atom stereocenters. The van der Waals surface area contributed by atoms with Gasteiger partial charge in [0.15, 0.2) is 0 Å². The van der Waals surface area contributed by atoms with Crippen molar-refractivity contribution in [3.63, 3.8) is 0 Å². The molecule has 2 nitrogen and oxygen atoms in total. The van der Waals surface area contributed by atoms with Crippen LogP contribution >= 0.6 is 0 Å². The molecule has 0 amide bonds. The van der Waals surface area contributed by atoms with Gasteiger partial charge in [-0.05, 0) is 64.7 Å². The van der Waals surface area contributed by atoms with E-state index in [1.54, 1.807) is 0 Å². The number of anilines is 1. The maximum atomic E-state index is 6.01. The number of allylic oxidation sites excluding steroid dienone is 3. The molecule has 6 aromatic rings. The Bertz CT molecular complexity index is 1730. The van der Waals surface area contributed by atoms with Gasteiger partial charge in [-0.2, -0.15) is 0 Å². The monoisotopic (exact) mass is 450 g/mol. The first kappa shape index (κ1) is 21.0. The molecule has 0 atom stereocenters. The average molecular weight is 451 g/mol. The second kappa shape index (κ2) is 8.66. The van der Waals surface area contributed by atoms with Gasteiger partial charge in [-0.1, -0.05) is 97.1 Å². The Hall–Kier alpha value is -4.56. The molecular formula is C33H26N2. The Morgan fingerprint density at radius 3 is 2.17 bits per heavy atom. The van der Waals surface area contributed by atoms with E-state index in [0.717, 1.165) is 16.9 Å². The molecule has 0 aliphatic rings. The average Bonchev–Trinajstić information content (AvgIpc) is 3.25. The number of nitrogens with two attached hydrogens (primary N) is 1. The third-order valence-corrected chi connectivity index (χ3v) is 6.64. The van der Waals surface area contributed by atoms with Crippen LogP contribution in [0.4, 0.5) is 5.69 Å². The topological polar surface area (TPSA) is 30.9 Å². The molecule has 0 bridgehead atoms. The number of aromatic nitrogens is 1. The Morgan fingerprint density at radius 1 is 0.686 bits per heavy atom. The lowest BCUT2D eigenvalue weighted by Crippen LogP contribution is -1.95. The summed E-state index contributed by atoms with van der Waals surface area (Å²) in [5.74, 6) is 0. The van der Waals surface area contributed by atoms with E-state index in [4.69, 9.17) is 5.73 Å². The first-order valence-corrected chi connectivity index (χ1v) is 12.0. The highest BCUT2D eigenvalue weighted by Crippen LogP contribution is 2.42. The largest absolute Gasteiger partial charge is 0.399 e. The van der Waals surface area contributed by atoms with Crippen molar-refractivity contribution in [2.45, 2.75) is 6.92 Å². The van der Waals surface area contributed by atoms with E-state index < -0.39 is 0 Å². The summed E-state index contributed by atoms with van der Waals surface area (Å²) in [6.45, 7) is 2.04. The van der Waals surface area contributed by atoms with Gasteiger partial charge >= 0.3 is 0 Å². The molecule has 2 N–H and O–H groups in total. The van der Waals surface area contributed by atoms with Gasteiger partial charge in [0, 0.05) is 22.1 Å². The highest BCUT2D eigenvalue weighted by Gasteiger charge is 2.19. The maximum Gasteiger partial charge on any atom is 0.0613 e. The number of fused-ring (bicyclic) bond motifs is 5. The lowest BCUT2D eigenvalue weighted by molar-refractivity contribution is 1.18. The second-order valence-corrected chi connectivity index (χ2v) is 8.79. The van der Waals surface area contributed by atoms with Gasteiger partial charge in [-0.15, -0.1) is 0 Å². The van der Waals surface area contributed by atoms with Crippen LogP contribution in [0.2, 0.25) is 0 Å². The first-order chi connectivity index (χ1) is 17.3. The van der Waals surface area contributed by atoms with Crippen LogP contribution in [-0.2, 0) is 0 Å². The molecule has 0 radical (unpaired) electrons. The van der Waals surface area contributed by atoms with Crippen LogP contribution in [0.3, 0.4) is 0 Å². The standard InChI is InChI=1S/C33H26N2/c1-2-3-5-11-24-12-10-17-29-32-28-16-9-8-15-27(28)30(23-18-20-25(34)21-19-23)22-31(32)35(33(24)29)26-13-6-4-7-14-26/h2-22H,34H2,1H3/b3-2-,11-5-. The van der Waals surface area contributed by atoms with Gasteiger partial charge in [0.2, 0.25) is 0 Å². The van der Waals surface area contributed by atoms with Crippen LogP contribution in [0.5, 0.6) is 0 Å². The Morgan fingerprint density at radius 2 is 1.40 bits per heavy atom. The molecule has 1 heterocycles. The van der Waals surface area contributed by atoms with E-state index in [-0.39, 0.29) is 0 Å².